The van der Waals surface area contributed by atoms with Gasteiger partial charge in [0, 0.05) is 0 Å². The summed E-state index contributed by atoms with van der Waals surface area (Å²) < 4.78 is 6.01. The highest BCUT2D eigenvalue weighted by atomic mass is 16.5. The molecule has 0 aromatic heterocycles. The molecule has 1 atom stereocenters. The molecule has 1 aromatic rings. The molecule has 1 heteroatoms. The molecule has 82 valence electrons. The SMILES string of the molecule is CC(C)(C)CC1CCc2ccccc2O1. The Bertz CT molecular complexity index is 335. The van der Waals surface area contributed by atoms with E-state index in [0.717, 1.165) is 25.0 Å². The second-order valence-corrected chi connectivity index (χ2v) is 5.65. The molecule has 1 nitrogen and oxygen atoms in total. The summed E-state index contributed by atoms with van der Waals surface area (Å²) in [6.07, 6.45) is 3.87. The van der Waals surface area contributed by atoms with Crippen LogP contribution in [-0.2, 0) is 6.42 Å². The van der Waals surface area contributed by atoms with Crippen molar-refractivity contribution in [3.05, 3.63) is 29.8 Å². The predicted octanol–water partition coefficient (Wildman–Crippen LogP) is 3.82. The van der Waals surface area contributed by atoms with Crippen molar-refractivity contribution >= 4 is 0 Å². The maximum Gasteiger partial charge on any atom is 0.122 e. The van der Waals surface area contributed by atoms with Gasteiger partial charge in [0.2, 0.25) is 0 Å². The molecular weight excluding hydrogens is 184 g/mol. The van der Waals surface area contributed by atoms with Crippen LogP contribution in [0.4, 0.5) is 0 Å². The molecule has 0 bridgehead atoms. The molecule has 1 aliphatic rings. The van der Waals surface area contributed by atoms with Crippen LogP contribution >= 0.6 is 0 Å². The van der Waals surface area contributed by atoms with Crippen LogP contribution in [0, 0.1) is 5.41 Å². The summed E-state index contributed by atoms with van der Waals surface area (Å²) in [4.78, 5) is 0. The van der Waals surface area contributed by atoms with Gasteiger partial charge in [-0.25, -0.2) is 0 Å². The molecule has 0 spiro atoms. The summed E-state index contributed by atoms with van der Waals surface area (Å²) in [6.45, 7) is 6.82. The molecule has 0 saturated heterocycles. The van der Waals surface area contributed by atoms with Gasteiger partial charge in [-0.1, -0.05) is 39.0 Å². The first-order valence-corrected chi connectivity index (χ1v) is 5.79. The van der Waals surface area contributed by atoms with Crippen LogP contribution in [0.15, 0.2) is 24.3 Å². The monoisotopic (exact) mass is 204 g/mol. The third kappa shape index (κ3) is 2.74. The van der Waals surface area contributed by atoms with E-state index in [1.165, 1.54) is 5.56 Å². The average molecular weight is 204 g/mol. The highest BCUT2D eigenvalue weighted by molar-refractivity contribution is 5.35. The minimum atomic E-state index is 0.358. The summed E-state index contributed by atoms with van der Waals surface area (Å²) in [5, 5.41) is 0. The molecule has 15 heavy (non-hydrogen) atoms. The van der Waals surface area contributed by atoms with E-state index in [1.807, 2.05) is 0 Å². The number of benzene rings is 1. The lowest BCUT2D eigenvalue weighted by Crippen LogP contribution is -2.27. The summed E-state index contributed by atoms with van der Waals surface area (Å²) in [5.74, 6) is 1.10. The predicted molar refractivity (Wildman–Crippen MR) is 63.3 cm³/mol. The van der Waals surface area contributed by atoms with Crippen LogP contribution in [0.3, 0.4) is 0 Å². The van der Waals surface area contributed by atoms with E-state index in [-0.39, 0.29) is 0 Å². The molecule has 0 amide bonds. The summed E-state index contributed by atoms with van der Waals surface area (Å²) in [7, 11) is 0. The fraction of sp³-hybridized carbons (Fsp3) is 0.571. The molecule has 1 unspecified atom stereocenters. The molecule has 2 rings (SSSR count). The van der Waals surface area contributed by atoms with Gasteiger partial charge in [0.15, 0.2) is 0 Å². The summed E-state index contributed by atoms with van der Waals surface area (Å²) >= 11 is 0. The molecule has 0 radical (unpaired) electrons. The van der Waals surface area contributed by atoms with Gasteiger partial charge in [-0.2, -0.15) is 0 Å². The Morgan fingerprint density at radius 2 is 2.00 bits per heavy atom. The summed E-state index contributed by atoms with van der Waals surface area (Å²) in [6, 6.07) is 8.40. The minimum Gasteiger partial charge on any atom is -0.490 e. The third-order valence-electron chi connectivity index (χ3n) is 2.84. The maximum absolute atomic E-state index is 6.01. The van der Waals surface area contributed by atoms with Crippen LogP contribution in [0.25, 0.3) is 0 Å². The van der Waals surface area contributed by atoms with Crippen molar-refractivity contribution in [1.82, 2.24) is 0 Å². The van der Waals surface area contributed by atoms with Crippen molar-refractivity contribution in [2.24, 2.45) is 5.41 Å². The van der Waals surface area contributed by atoms with E-state index in [9.17, 15) is 0 Å². The van der Waals surface area contributed by atoms with Gasteiger partial charge in [0.05, 0.1) is 6.10 Å². The largest absolute Gasteiger partial charge is 0.490 e. The third-order valence-corrected chi connectivity index (χ3v) is 2.84. The number of rotatable bonds is 1. The Morgan fingerprint density at radius 3 is 2.73 bits per heavy atom. The zero-order valence-corrected chi connectivity index (χ0v) is 9.92. The Balaban J connectivity index is 2.06. The van der Waals surface area contributed by atoms with E-state index in [1.54, 1.807) is 0 Å². The molecular formula is C14H20O. The van der Waals surface area contributed by atoms with E-state index in [0.29, 0.717) is 11.5 Å². The van der Waals surface area contributed by atoms with Gasteiger partial charge in [0.25, 0.3) is 0 Å². The molecule has 1 aliphatic heterocycles. The lowest BCUT2D eigenvalue weighted by molar-refractivity contribution is 0.123. The van der Waals surface area contributed by atoms with Crippen LogP contribution in [-0.4, -0.2) is 6.10 Å². The van der Waals surface area contributed by atoms with Crippen molar-refractivity contribution < 1.29 is 4.74 Å². The van der Waals surface area contributed by atoms with Gasteiger partial charge >= 0.3 is 0 Å². The molecule has 0 saturated carbocycles. The van der Waals surface area contributed by atoms with Crippen molar-refractivity contribution in [1.29, 1.82) is 0 Å². The van der Waals surface area contributed by atoms with E-state index < -0.39 is 0 Å². The minimum absolute atomic E-state index is 0.358. The van der Waals surface area contributed by atoms with Gasteiger partial charge in [-0.3, -0.25) is 0 Å². The maximum atomic E-state index is 6.01. The van der Waals surface area contributed by atoms with Crippen molar-refractivity contribution in [2.45, 2.75) is 46.1 Å². The molecule has 0 fully saturated rings. The first kappa shape index (κ1) is 10.5. The van der Waals surface area contributed by atoms with Crippen LogP contribution in [0.2, 0.25) is 0 Å². The van der Waals surface area contributed by atoms with Crippen molar-refractivity contribution in [3.8, 4) is 5.75 Å². The molecule has 0 N–H and O–H groups in total. The van der Waals surface area contributed by atoms with E-state index in [2.05, 4.69) is 45.0 Å². The smallest absolute Gasteiger partial charge is 0.122 e. The van der Waals surface area contributed by atoms with Crippen molar-refractivity contribution in [3.63, 3.8) is 0 Å². The van der Waals surface area contributed by atoms with Crippen LogP contribution < -0.4 is 4.74 Å². The number of para-hydroxylation sites is 1. The van der Waals surface area contributed by atoms with Crippen LogP contribution in [0.5, 0.6) is 5.75 Å². The number of ether oxygens (including phenoxy) is 1. The van der Waals surface area contributed by atoms with Crippen LogP contribution in [0.1, 0.15) is 39.2 Å². The fourth-order valence-electron chi connectivity index (χ4n) is 2.21. The lowest BCUT2D eigenvalue weighted by Gasteiger charge is -2.30. The summed E-state index contributed by atoms with van der Waals surface area (Å²) in [5.41, 5.74) is 1.72. The quantitative estimate of drug-likeness (QED) is 0.675. The zero-order chi connectivity index (χ0) is 10.9. The number of hydrogen-bond donors (Lipinski definition) is 0. The Labute approximate surface area is 92.5 Å². The van der Waals surface area contributed by atoms with E-state index >= 15 is 0 Å². The van der Waals surface area contributed by atoms with Gasteiger partial charge < -0.3 is 4.74 Å². The second kappa shape index (κ2) is 3.88. The fourth-order valence-corrected chi connectivity index (χ4v) is 2.21. The first-order chi connectivity index (χ1) is 7.04. The van der Waals surface area contributed by atoms with Gasteiger partial charge in [-0.05, 0) is 36.3 Å². The Kier molecular flexibility index (Phi) is 2.72. The normalized spacial score (nSPS) is 20.6. The number of hydrogen-bond acceptors (Lipinski definition) is 1. The average Bonchev–Trinajstić information content (AvgIpc) is 2.15. The van der Waals surface area contributed by atoms with E-state index in [4.69, 9.17) is 4.74 Å². The molecule has 0 aliphatic carbocycles. The number of fused-ring (bicyclic) bond motifs is 1. The van der Waals surface area contributed by atoms with Gasteiger partial charge in [-0.15, -0.1) is 0 Å². The highest BCUT2D eigenvalue weighted by Crippen LogP contribution is 2.32. The topological polar surface area (TPSA) is 9.23 Å². The highest BCUT2D eigenvalue weighted by Gasteiger charge is 2.24. The molecule has 1 aromatic carbocycles. The number of aryl methyl sites for hydroxylation is 1. The first-order valence-electron chi connectivity index (χ1n) is 5.79. The standard InChI is InChI=1S/C14H20O/c1-14(2,3)10-12-9-8-11-6-4-5-7-13(11)15-12/h4-7,12H,8-10H2,1-3H3. The van der Waals surface area contributed by atoms with Gasteiger partial charge in [0.1, 0.15) is 5.75 Å². The Hall–Kier alpha value is -0.980. The molecule has 1 heterocycles. The Morgan fingerprint density at radius 1 is 1.27 bits per heavy atom. The lowest BCUT2D eigenvalue weighted by atomic mass is 9.86. The second-order valence-electron chi connectivity index (χ2n) is 5.65. The van der Waals surface area contributed by atoms with Crippen molar-refractivity contribution in [2.75, 3.05) is 0 Å². The zero-order valence-electron chi connectivity index (χ0n) is 9.92.